The van der Waals surface area contributed by atoms with Gasteiger partial charge in [-0.25, -0.2) is 0 Å². The van der Waals surface area contributed by atoms with Crippen LogP contribution in [0.2, 0.25) is 0 Å². The number of phenolic OH excluding ortho intramolecular Hbond substituents is 1. The van der Waals surface area contributed by atoms with Crippen LogP contribution in [-0.2, 0) is 0 Å². The number of hydrogen-bond donors (Lipinski definition) is 1. The van der Waals surface area contributed by atoms with E-state index in [1.54, 1.807) is 27.4 Å². The Morgan fingerprint density at radius 2 is 1.64 bits per heavy atom. The Kier molecular flexibility index (Phi) is 5.37. The summed E-state index contributed by atoms with van der Waals surface area (Å²) in [7, 11) is 4.79. The molecule has 1 aromatic heterocycles. The fraction of sp³-hybridized carbons (Fsp3) is 0.167. The molecule has 0 unspecified atom stereocenters. The molecule has 0 atom stereocenters. The van der Waals surface area contributed by atoms with Crippen LogP contribution < -0.4 is 14.2 Å². The minimum atomic E-state index is 0.0876. The van der Waals surface area contributed by atoms with Crippen molar-refractivity contribution in [3.05, 3.63) is 39.9 Å². The molecule has 0 saturated heterocycles. The SMILES string of the molecule is COc1cc(-c2[se]cnc2-c2ccc(O)c(Br)c2)cc(OC)c1OC. The first-order valence-electron chi connectivity index (χ1n) is 7.31. The second-order valence-electron chi connectivity index (χ2n) is 5.11. The molecule has 25 heavy (non-hydrogen) atoms. The predicted octanol–water partition coefficient (Wildman–Crippen LogP) is 3.97. The number of halogens is 1. The third-order valence-corrected chi connectivity index (χ3v) is 6.19. The molecule has 3 rings (SSSR count). The Hall–Kier alpha value is -1.95. The second kappa shape index (κ2) is 7.52. The number of aromatic nitrogens is 1. The molecule has 1 heterocycles. The van der Waals surface area contributed by atoms with E-state index < -0.39 is 0 Å². The number of hydrogen-bond acceptors (Lipinski definition) is 5. The van der Waals surface area contributed by atoms with Gasteiger partial charge in [0.25, 0.3) is 0 Å². The number of aromatic hydroxyl groups is 1. The van der Waals surface area contributed by atoms with Crippen LogP contribution in [0.4, 0.5) is 0 Å². The summed E-state index contributed by atoms with van der Waals surface area (Å²) in [6, 6.07) is 9.23. The Balaban J connectivity index is 2.15. The van der Waals surface area contributed by atoms with E-state index in [0.29, 0.717) is 21.7 Å². The van der Waals surface area contributed by atoms with Crippen LogP contribution >= 0.6 is 15.9 Å². The quantitative estimate of drug-likeness (QED) is 0.574. The van der Waals surface area contributed by atoms with Crippen LogP contribution in [0.5, 0.6) is 23.0 Å². The van der Waals surface area contributed by atoms with Gasteiger partial charge in [-0.05, 0) is 0 Å². The molecule has 0 aliphatic rings. The Labute approximate surface area is 160 Å². The molecule has 0 bridgehead atoms. The molecular formula is C18H16BrNO4Se. The summed E-state index contributed by atoms with van der Waals surface area (Å²) in [5, 5.41) is 11.7. The third-order valence-electron chi connectivity index (χ3n) is 3.72. The summed E-state index contributed by atoms with van der Waals surface area (Å²) in [5.41, 5.74) is 2.80. The molecule has 130 valence electrons. The molecule has 0 aliphatic carbocycles. The maximum absolute atomic E-state index is 9.72. The summed E-state index contributed by atoms with van der Waals surface area (Å²) in [4.78, 5) is 4.56. The summed E-state index contributed by atoms with van der Waals surface area (Å²) in [6.45, 7) is 0. The number of methoxy groups -OCH3 is 3. The van der Waals surface area contributed by atoms with Crippen LogP contribution in [0.25, 0.3) is 21.3 Å². The number of benzene rings is 2. The van der Waals surface area contributed by atoms with Crippen molar-refractivity contribution in [3.63, 3.8) is 0 Å². The normalized spacial score (nSPS) is 10.6. The molecule has 0 aliphatic heterocycles. The maximum atomic E-state index is 9.72. The minimum absolute atomic E-state index is 0.0876. The Morgan fingerprint density at radius 3 is 2.20 bits per heavy atom. The van der Waals surface area contributed by atoms with Gasteiger partial charge in [0, 0.05) is 0 Å². The number of nitrogens with zero attached hydrogens (tertiary/aromatic N) is 1. The van der Waals surface area contributed by atoms with E-state index in [0.717, 1.165) is 21.3 Å². The van der Waals surface area contributed by atoms with E-state index in [2.05, 4.69) is 20.9 Å². The average molecular weight is 469 g/mol. The van der Waals surface area contributed by atoms with Gasteiger partial charge in [-0.2, -0.15) is 0 Å². The summed E-state index contributed by atoms with van der Waals surface area (Å²) >= 11 is 3.45. The van der Waals surface area contributed by atoms with Crippen molar-refractivity contribution >= 4 is 30.4 Å². The number of phenols is 1. The predicted molar refractivity (Wildman–Crippen MR) is 101 cm³/mol. The van der Waals surface area contributed by atoms with E-state index in [1.165, 1.54) is 0 Å². The second-order valence-corrected chi connectivity index (χ2v) is 7.76. The molecular weight excluding hydrogens is 453 g/mol. The number of rotatable bonds is 5. The van der Waals surface area contributed by atoms with Gasteiger partial charge in [-0.3, -0.25) is 0 Å². The first kappa shape index (κ1) is 17.9. The van der Waals surface area contributed by atoms with Crippen molar-refractivity contribution in [3.8, 4) is 44.3 Å². The summed E-state index contributed by atoms with van der Waals surface area (Å²) in [5.74, 6) is 1.98. The molecule has 5 nitrogen and oxygen atoms in total. The zero-order chi connectivity index (χ0) is 18.0. The van der Waals surface area contributed by atoms with Gasteiger partial charge in [0.05, 0.1) is 0 Å². The first-order chi connectivity index (χ1) is 12.1. The van der Waals surface area contributed by atoms with Gasteiger partial charge in [-0.15, -0.1) is 0 Å². The van der Waals surface area contributed by atoms with Crippen LogP contribution in [0, 0.1) is 0 Å². The molecule has 3 aromatic rings. The van der Waals surface area contributed by atoms with Gasteiger partial charge in [-0.1, -0.05) is 0 Å². The van der Waals surface area contributed by atoms with Crippen molar-refractivity contribution in [1.29, 1.82) is 0 Å². The zero-order valence-corrected chi connectivity index (χ0v) is 17.2. The van der Waals surface area contributed by atoms with E-state index in [1.807, 2.05) is 29.3 Å². The van der Waals surface area contributed by atoms with E-state index in [-0.39, 0.29) is 20.3 Å². The van der Waals surface area contributed by atoms with Gasteiger partial charge in [0.1, 0.15) is 0 Å². The molecule has 0 amide bonds. The van der Waals surface area contributed by atoms with E-state index >= 15 is 0 Å². The molecule has 1 N–H and O–H groups in total. The van der Waals surface area contributed by atoms with Gasteiger partial charge < -0.3 is 0 Å². The molecule has 0 radical (unpaired) electrons. The topological polar surface area (TPSA) is 60.8 Å². The standard InChI is InChI=1S/C18H16BrNO4Se/c1-22-14-7-11(8-15(23-2)17(14)24-3)18-16(20-9-25-18)10-4-5-13(21)12(19)6-10/h4-9,21H,1-3H3. The van der Waals surface area contributed by atoms with Crippen LogP contribution in [0.3, 0.4) is 0 Å². The average Bonchev–Trinajstić information content (AvgIpc) is 3.12. The van der Waals surface area contributed by atoms with Gasteiger partial charge in [0.15, 0.2) is 0 Å². The van der Waals surface area contributed by atoms with Crippen molar-refractivity contribution in [2.75, 3.05) is 21.3 Å². The Bertz CT molecular complexity index is 885. The summed E-state index contributed by atoms with van der Waals surface area (Å²) < 4.78 is 18.0. The van der Waals surface area contributed by atoms with E-state index in [4.69, 9.17) is 14.2 Å². The molecule has 0 spiro atoms. The number of ether oxygens (including phenoxy) is 3. The van der Waals surface area contributed by atoms with Crippen molar-refractivity contribution in [1.82, 2.24) is 4.98 Å². The van der Waals surface area contributed by atoms with Crippen LogP contribution in [0.15, 0.2) is 39.9 Å². The van der Waals surface area contributed by atoms with Crippen molar-refractivity contribution < 1.29 is 19.3 Å². The van der Waals surface area contributed by atoms with Crippen LogP contribution in [0.1, 0.15) is 0 Å². The van der Waals surface area contributed by atoms with Crippen molar-refractivity contribution in [2.45, 2.75) is 0 Å². The first-order valence-corrected chi connectivity index (χ1v) is 9.95. The zero-order valence-electron chi connectivity index (χ0n) is 13.9. The molecule has 0 fully saturated rings. The Morgan fingerprint density at radius 1 is 0.960 bits per heavy atom. The monoisotopic (exact) mass is 469 g/mol. The summed E-state index contributed by atoms with van der Waals surface area (Å²) in [6.07, 6.45) is 0. The fourth-order valence-electron chi connectivity index (χ4n) is 2.52. The van der Waals surface area contributed by atoms with Crippen LogP contribution in [-0.4, -0.2) is 45.9 Å². The fourth-order valence-corrected chi connectivity index (χ4v) is 4.58. The van der Waals surface area contributed by atoms with Crippen molar-refractivity contribution in [2.24, 2.45) is 0 Å². The molecule has 7 heteroatoms. The van der Waals surface area contributed by atoms with Gasteiger partial charge in [0.2, 0.25) is 0 Å². The third kappa shape index (κ3) is 3.40. The van der Waals surface area contributed by atoms with E-state index in [9.17, 15) is 5.11 Å². The molecule has 2 aromatic carbocycles. The van der Waals surface area contributed by atoms with Gasteiger partial charge >= 0.3 is 160 Å². The molecule has 0 saturated carbocycles.